The van der Waals surface area contributed by atoms with Gasteiger partial charge in [0.15, 0.2) is 0 Å². The first kappa shape index (κ1) is 12.7. The predicted molar refractivity (Wildman–Crippen MR) is 73.9 cm³/mol. The Morgan fingerprint density at radius 3 is 2.79 bits per heavy atom. The van der Waals surface area contributed by atoms with Gasteiger partial charge in [0, 0.05) is 19.0 Å². The molecule has 2 aliphatic carbocycles. The van der Waals surface area contributed by atoms with E-state index in [1.54, 1.807) is 0 Å². The number of fused-ring (bicyclic) bond motifs is 1. The van der Waals surface area contributed by atoms with Crippen molar-refractivity contribution < 1.29 is 9.90 Å². The maximum absolute atomic E-state index is 12.4. The van der Waals surface area contributed by atoms with Crippen molar-refractivity contribution in [2.45, 2.75) is 44.1 Å². The minimum absolute atomic E-state index is 0.0729. The Kier molecular flexibility index (Phi) is 3.56. The normalized spacial score (nSPS) is 21.2. The minimum atomic E-state index is 0.0729. The summed E-state index contributed by atoms with van der Waals surface area (Å²) in [6.07, 6.45) is 4.99. The zero-order valence-electron chi connectivity index (χ0n) is 11.2. The lowest BCUT2D eigenvalue weighted by atomic mass is 9.97. The Bertz CT molecular complexity index is 468. The van der Waals surface area contributed by atoms with Crippen LogP contribution in [0.4, 0.5) is 0 Å². The van der Waals surface area contributed by atoms with Crippen LogP contribution in [0.25, 0.3) is 0 Å². The topological polar surface area (TPSA) is 40.5 Å². The van der Waals surface area contributed by atoms with Crippen LogP contribution in [0.2, 0.25) is 0 Å². The third kappa shape index (κ3) is 2.66. The number of carbonyl (C=O) groups is 1. The summed E-state index contributed by atoms with van der Waals surface area (Å²) >= 11 is 0. The summed E-state index contributed by atoms with van der Waals surface area (Å²) in [4.78, 5) is 14.3. The molecular formula is C16H21NO2. The number of benzene rings is 1. The van der Waals surface area contributed by atoms with Gasteiger partial charge in [-0.2, -0.15) is 0 Å². The first-order chi connectivity index (χ1) is 9.29. The molecule has 0 bridgehead atoms. The molecule has 3 rings (SSSR count). The quantitative estimate of drug-likeness (QED) is 0.879. The van der Waals surface area contributed by atoms with E-state index in [-0.39, 0.29) is 12.5 Å². The fraction of sp³-hybridized carbons (Fsp3) is 0.562. The summed E-state index contributed by atoms with van der Waals surface area (Å²) in [5, 5.41) is 9.09. The molecule has 1 atom stereocenters. The smallest absolute Gasteiger partial charge is 0.223 e. The molecule has 1 unspecified atom stereocenters. The van der Waals surface area contributed by atoms with E-state index in [0.717, 1.165) is 25.7 Å². The molecule has 0 heterocycles. The van der Waals surface area contributed by atoms with Crippen LogP contribution in [-0.2, 0) is 11.2 Å². The fourth-order valence-corrected chi connectivity index (χ4v) is 3.19. The maximum Gasteiger partial charge on any atom is 0.223 e. The van der Waals surface area contributed by atoms with E-state index in [4.69, 9.17) is 5.11 Å². The van der Waals surface area contributed by atoms with Gasteiger partial charge in [-0.05, 0) is 42.7 Å². The van der Waals surface area contributed by atoms with Gasteiger partial charge in [-0.15, -0.1) is 0 Å². The molecule has 1 fully saturated rings. The molecule has 0 spiro atoms. The lowest BCUT2D eigenvalue weighted by Crippen LogP contribution is -2.36. The lowest BCUT2D eigenvalue weighted by molar-refractivity contribution is -0.132. The molecule has 0 saturated heterocycles. The highest BCUT2D eigenvalue weighted by Crippen LogP contribution is 2.36. The van der Waals surface area contributed by atoms with Gasteiger partial charge in [-0.3, -0.25) is 4.79 Å². The molecule has 19 heavy (non-hydrogen) atoms. The molecule has 1 N–H and O–H groups in total. The Morgan fingerprint density at radius 2 is 2.05 bits per heavy atom. The van der Waals surface area contributed by atoms with Gasteiger partial charge < -0.3 is 10.0 Å². The molecular weight excluding hydrogens is 238 g/mol. The van der Waals surface area contributed by atoms with Gasteiger partial charge in [0.05, 0.1) is 6.61 Å². The molecule has 3 nitrogen and oxygen atoms in total. The number of aryl methyl sites for hydroxylation is 1. The van der Waals surface area contributed by atoms with Crippen molar-refractivity contribution in [3.05, 3.63) is 35.4 Å². The molecule has 3 heteroatoms. The predicted octanol–water partition coefficient (Wildman–Crippen LogP) is 2.09. The fourth-order valence-electron chi connectivity index (χ4n) is 3.19. The third-order valence-electron chi connectivity index (χ3n) is 4.33. The number of hydrogen-bond acceptors (Lipinski definition) is 2. The van der Waals surface area contributed by atoms with Crippen LogP contribution in [0.15, 0.2) is 24.3 Å². The summed E-state index contributed by atoms with van der Waals surface area (Å²) in [7, 11) is 0. The van der Waals surface area contributed by atoms with Crippen molar-refractivity contribution >= 4 is 5.91 Å². The van der Waals surface area contributed by atoms with E-state index in [2.05, 4.69) is 24.3 Å². The monoisotopic (exact) mass is 259 g/mol. The van der Waals surface area contributed by atoms with Crippen molar-refractivity contribution in [3.63, 3.8) is 0 Å². The minimum Gasteiger partial charge on any atom is -0.395 e. The Hall–Kier alpha value is -1.35. The highest BCUT2D eigenvalue weighted by molar-refractivity contribution is 5.78. The average Bonchev–Trinajstić information content (AvgIpc) is 3.19. The molecule has 1 saturated carbocycles. The molecule has 1 aromatic rings. The van der Waals surface area contributed by atoms with E-state index in [0.29, 0.717) is 24.9 Å². The zero-order valence-corrected chi connectivity index (χ0v) is 11.2. The number of aliphatic hydroxyl groups is 1. The van der Waals surface area contributed by atoms with Crippen LogP contribution in [0.1, 0.15) is 42.7 Å². The van der Waals surface area contributed by atoms with Crippen molar-refractivity contribution in [2.24, 2.45) is 0 Å². The third-order valence-corrected chi connectivity index (χ3v) is 4.33. The van der Waals surface area contributed by atoms with Crippen molar-refractivity contribution in [1.29, 1.82) is 0 Å². The van der Waals surface area contributed by atoms with E-state index in [1.807, 2.05) is 4.90 Å². The Balaban J connectivity index is 1.67. The molecule has 1 aromatic carbocycles. The van der Waals surface area contributed by atoms with Crippen LogP contribution in [0.3, 0.4) is 0 Å². The number of hydrogen-bond donors (Lipinski definition) is 1. The molecule has 0 radical (unpaired) electrons. The SMILES string of the molecule is O=C(CC1CCc2ccccc21)N(CCO)C1CC1. The van der Waals surface area contributed by atoms with Gasteiger partial charge >= 0.3 is 0 Å². The summed E-state index contributed by atoms with van der Waals surface area (Å²) in [5.41, 5.74) is 2.76. The number of rotatable bonds is 5. The van der Waals surface area contributed by atoms with E-state index in [9.17, 15) is 4.79 Å². The van der Waals surface area contributed by atoms with Crippen LogP contribution >= 0.6 is 0 Å². The Labute approximate surface area is 114 Å². The van der Waals surface area contributed by atoms with E-state index in [1.165, 1.54) is 11.1 Å². The number of aliphatic hydroxyl groups excluding tert-OH is 1. The van der Waals surface area contributed by atoms with Gasteiger partial charge in [-0.25, -0.2) is 0 Å². The standard InChI is InChI=1S/C16H21NO2/c18-10-9-17(14-7-8-14)16(19)11-13-6-5-12-3-1-2-4-15(12)13/h1-4,13-14,18H,5-11H2. The molecule has 0 aliphatic heterocycles. The van der Waals surface area contributed by atoms with Crippen molar-refractivity contribution in [2.75, 3.05) is 13.2 Å². The van der Waals surface area contributed by atoms with Crippen LogP contribution < -0.4 is 0 Å². The number of carbonyl (C=O) groups excluding carboxylic acids is 1. The molecule has 2 aliphatic rings. The van der Waals surface area contributed by atoms with E-state index < -0.39 is 0 Å². The summed E-state index contributed by atoms with van der Waals surface area (Å²) in [6.45, 7) is 0.571. The molecule has 0 aromatic heterocycles. The van der Waals surface area contributed by atoms with Crippen LogP contribution in [0, 0.1) is 0 Å². The van der Waals surface area contributed by atoms with Gasteiger partial charge in [-0.1, -0.05) is 24.3 Å². The molecule has 1 amide bonds. The average molecular weight is 259 g/mol. The van der Waals surface area contributed by atoms with Gasteiger partial charge in [0.2, 0.25) is 5.91 Å². The second-order valence-electron chi connectivity index (χ2n) is 5.68. The second kappa shape index (κ2) is 5.33. The van der Waals surface area contributed by atoms with Crippen molar-refractivity contribution in [3.8, 4) is 0 Å². The van der Waals surface area contributed by atoms with E-state index >= 15 is 0 Å². The largest absolute Gasteiger partial charge is 0.395 e. The number of amides is 1. The van der Waals surface area contributed by atoms with Crippen LogP contribution in [0.5, 0.6) is 0 Å². The summed E-state index contributed by atoms with van der Waals surface area (Å²) < 4.78 is 0. The summed E-state index contributed by atoms with van der Waals surface area (Å²) in [5.74, 6) is 0.599. The van der Waals surface area contributed by atoms with Crippen molar-refractivity contribution in [1.82, 2.24) is 4.90 Å². The summed E-state index contributed by atoms with van der Waals surface area (Å²) in [6, 6.07) is 8.87. The number of nitrogens with zero attached hydrogens (tertiary/aromatic N) is 1. The maximum atomic E-state index is 12.4. The van der Waals surface area contributed by atoms with Crippen LogP contribution in [-0.4, -0.2) is 35.1 Å². The first-order valence-corrected chi connectivity index (χ1v) is 7.27. The van der Waals surface area contributed by atoms with Gasteiger partial charge in [0.1, 0.15) is 0 Å². The Morgan fingerprint density at radius 1 is 1.26 bits per heavy atom. The zero-order chi connectivity index (χ0) is 13.2. The lowest BCUT2D eigenvalue weighted by Gasteiger charge is -2.23. The molecule has 102 valence electrons. The highest BCUT2D eigenvalue weighted by Gasteiger charge is 2.34. The first-order valence-electron chi connectivity index (χ1n) is 7.27. The highest BCUT2D eigenvalue weighted by atomic mass is 16.3. The van der Waals surface area contributed by atoms with Gasteiger partial charge in [0.25, 0.3) is 0 Å². The second-order valence-corrected chi connectivity index (χ2v) is 5.68.